The normalized spacial score (nSPS) is 25.3. The van der Waals surface area contributed by atoms with Crippen molar-refractivity contribution in [3.63, 3.8) is 0 Å². The van der Waals surface area contributed by atoms with Crippen molar-refractivity contribution in [1.29, 1.82) is 0 Å². The van der Waals surface area contributed by atoms with E-state index < -0.39 is 0 Å². The van der Waals surface area contributed by atoms with Crippen LogP contribution in [0.15, 0.2) is 18.2 Å². The summed E-state index contributed by atoms with van der Waals surface area (Å²) in [5, 5.41) is 3.30. The maximum absolute atomic E-state index is 13.8. The molecule has 1 saturated carbocycles. The molecule has 80 valence electrons. The van der Waals surface area contributed by atoms with Crippen molar-refractivity contribution in [2.45, 2.75) is 31.6 Å². The predicted molar refractivity (Wildman–Crippen MR) is 59.6 cm³/mol. The number of benzene rings is 1. The fourth-order valence-corrected chi connectivity index (χ4v) is 2.89. The number of hydrogen-bond donors (Lipinski definition) is 1. The van der Waals surface area contributed by atoms with Crippen molar-refractivity contribution in [2.75, 3.05) is 11.9 Å². The first-order valence-electron chi connectivity index (χ1n) is 5.88. The van der Waals surface area contributed by atoms with Crippen LogP contribution in [0.1, 0.15) is 37.2 Å². The van der Waals surface area contributed by atoms with Crippen LogP contribution in [-0.4, -0.2) is 6.54 Å². The smallest absolute Gasteiger partial charge is 0.128 e. The highest BCUT2D eigenvalue weighted by Crippen LogP contribution is 2.45. The van der Waals surface area contributed by atoms with E-state index in [4.69, 9.17) is 0 Å². The molecule has 2 heteroatoms. The Hall–Kier alpha value is -1.05. The Kier molecular flexibility index (Phi) is 2.15. The zero-order chi connectivity index (χ0) is 10.3. The van der Waals surface area contributed by atoms with Gasteiger partial charge in [-0.25, -0.2) is 4.39 Å². The summed E-state index contributed by atoms with van der Waals surface area (Å²) in [6.45, 7) is 0.998. The molecule has 0 radical (unpaired) electrons. The summed E-state index contributed by atoms with van der Waals surface area (Å²) in [5.74, 6) is 1.19. The Morgan fingerprint density at radius 1 is 1.20 bits per heavy atom. The summed E-state index contributed by atoms with van der Waals surface area (Å²) in [4.78, 5) is 0. The molecule has 0 bridgehead atoms. The van der Waals surface area contributed by atoms with Gasteiger partial charge in [0.2, 0.25) is 0 Å². The zero-order valence-electron chi connectivity index (χ0n) is 8.80. The highest BCUT2D eigenvalue weighted by atomic mass is 19.1. The maximum atomic E-state index is 13.8. The molecule has 15 heavy (non-hydrogen) atoms. The van der Waals surface area contributed by atoms with Crippen LogP contribution in [0.3, 0.4) is 0 Å². The van der Waals surface area contributed by atoms with Gasteiger partial charge >= 0.3 is 0 Å². The summed E-state index contributed by atoms with van der Waals surface area (Å²) in [6, 6.07) is 5.39. The second kappa shape index (κ2) is 3.51. The van der Waals surface area contributed by atoms with Gasteiger partial charge in [0.1, 0.15) is 5.82 Å². The molecule has 1 unspecified atom stereocenters. The van der Waals surface area contributed by atoms with Crippen molar-refractivity contribution >= 4 is 5.69 Å². The lowest BCUT2D eigenvalue weighted by Gasteiger charge is -2.38. The molecule has 1 atom stereocenters. The summed E-state index contributed by atoms with van der Waals surface area (Å²) in [7, 11) is 0. The van der Waals surface area contributed by atoms with E-state index in [1.165, 1.54) is 19.3 Å². The Morgan fingerprint density at radius 2 is 2.07 bits per heavy atom. The minimum absolute atomic E-state index is 0.0170. The van der Waals surface area contributed by atoms with E-state index in [0.717, 1.165) is 30.1 Å². The number of hydrogen-bond acceptors (Lipinski definition) is 1. The molecule has 1 aromatic carbocycles. The summed E-state index contributed by atoms with van der Waals surface area (Å²) in [5.41, 5.74) is 1.98. The standard InChI is InChI=1S/C13H16FN/c14-11-5-2-6-12-13(11)10(7-8-15-12)9-3-1-4-9/h2,5-6,9-10,15H,1,3-4,7-8H2. The molecule has 0 spiro atoms. The largest absolute Gasteiger partial charge is 0.385 e. The van der Waals surface area contributed by atoms with Crippen LogP contribution in [0.4, 0.5) is 10.1 Å². The van der Waals surface area contributed by atoms with Gasteiger partial charge in [-0.3, -0.25) is 0 Å². The van der Waals surface area contributed by atoms with Crippen LogP contribution in [0.5, 0.6) is 0 Å². The van der Waals surface area contributed by atoms with Crippen molar-refractivity contribution in [3.05, 3.63) is 29.6 Å². The van der Waals surface area contributed by atoms with Crippen LogP contribution in [0.2, 0.25) is 0 Å². The van der Waals surface area contributed by atoms with Crippen molar-refractivity contribution in [3.8, 4) is 0 Å². The van der Waals surface area contributed by atoms with E-state index in [2.05, 4.69) is 5.32 Å². The van der Waals surface area contributed by atoms with Crippen molar-refractivity contribution in [2.24, 2.45) is 5.92 Å². The van der Waals surface area contributed by atoms with Gasteiger partial charge in [-0.15, -0.1) is 0 Å². The Balaban J connectivity index is 2.00. The third-order valence-corrected chi connectivity index (χ3v) is 3.91. The predicted octanol–water partition coefficient (Wildman–Crippen LogP) is 3.53. The van der Waals surface area contributed by atoms with Crippen LogP contribution >= 0.6 is 0 Å². The van der Waals surface area contributed by atoms with Gasteiger partial charge in [-0.2, -0.15) is 0 Å². The van der Waals surface area contributed by atoms with Gasteiger partial charge in [0.25, 0.3) is 0 Å². The van der Waals surface area contributed by atoms with Crippen LogP contribution in [-0.2, 0) is 0 Å². The second-order valence-corrected chi connectivity index (χ2v) is 4.71. The molecule has 1 nitrogen and oxygen atoms in total. The molecule has 1 N–H and O–H groups in total. The molecule has 0 aromatic heterocycles. The molecule has 1 aliphatic carbocycles. The molecule has 1 heterocycles. The lowest BCUT2D eigenvalue weighted by molar-refractivity contribution is 0.248. The van der Waals surface area contributed by atoms with Crippen molar-refractivity contribution in [1.82, 2.24) is 0 Å². The first kappa shape index (κ1) is 9.20. The topological polar surface area (TPSA) is 12.0 Å². The number of halogens is 1. The van der Waals surface area contributed by atoms with E-state index in [9.17, 15) is 4.39 Å². The molecule has 2 aliphatic rings. The third kappa shape index (κ3) is 1.43. The van der Waals surface area contributed by atoms with E-state index in [1.54, 1.807) is 12.1 Å². The highest BCUT2D eigenvalue weighted by molar-refractivity contribution is 5.55. The van der Waals surface area contributed by atoms with E-state index >= 15 is 0 Å². The fraction of sp³-hybridized carbons (Fsp3) is 0.538. The Morgan fingerprint density at radius 3 is 2.80 bits per heavy atom. The number of nitrogens with one attached hydrogen (secondary N) is 1. The first-order chi connectivity index (χ1) is 7.36. The number of fused-ring (bicyclic) bond motifs is 1. The summed E-state index contributed by atoms with van der Waals surface area (Å²) in [6.07, 6.45) is 5.01. The monoisotopic (exact) mass is 205 g/mol. The summed E-state index contributed by atoms with van der Waals surface area (Å²) >= 11 is 0. The molecular weight excluding hydrogens is 189 g/mol. The summed E-state index contributed by atoms with van der Waals surface area (Å²) < 4.78 is 13.8. The van der Waals surface area contributed by atoms with Gasteiger partial charge in [-0.05, 0) is 43.2 Å². The average Bonchev–Trinajstić information content (AvgIpc) is 2.15. The quantitative estimate of drug-likeness (QED) is 0.739. The fourth-order valence-electron chi connectivity index (χ4n) is 2.89. The lowest BCUT2D eigenvalue weighted by atomic mass is 9.70. The van der Waals surface area contributed by atoms with Crippen LogP contribution < -0.4 is 5.32 Å². The molecule has 1 fully saturated rings. The van der Waals surface area contributed by atoms with Gasteiger partial charge in [-0.1, -0.05) is 12.5 Å². The zero-order valence-corrected chi connectivity index (χ0v) is 8.80. The minimum Gasteiger partial charge on any atom is -0.385 e. The minimum atomic E-state index is -0.0170. The first-order valence-corrected chi connectivity index (χ1v) is 5.88. The van der Waals surface area contributed by atoms with Gasteiger partial charge in [0.15, 0.2) is 0 Å². The molecule has 1 aliphatic heterocycles. The van der Waals surface area contributed by atoms with E-state index in [1.807, 2.05) is 6.07 Å². The average molecular weight is 205 g/mol. The molecule has 1 aromatic rings. The number of anilines is 1. The van der Waals surface area contributed by atoms with Gasteiger partial charge < -0.3 is 5.32 Å². The Bertz CT molecular complexity index is 371. The Labute approximate surface area is 89.7 Å². The number of rotatable bonds is 1. The van der Waals surface area contributed by atoms with Crippen molar-refractivity contribution < 1.29 is 4.39 Å². The molecule has 0 saturated heterocycles. The second-order valence-electron chi connectivity index (χ2n) is 4.71. The molecular formula is C13H16FN. The van der Waals surface area contributed by atoms with E-state index in [0.29, 0.717) is 5.92 Å². The highest BCUT2D eigenvalue weighted by Gasteiger charge is 2.33. The molecule has 3 rings (SSSR count). The molecule has 0 amide bonds. The van der Waals surface area contributed by atoms with Crippen LogP contribution in [0, 0.1) is 11.7 Å². The third-order valence-electron chi connectivity index (χ3n) is 3.91. The van der Waals surface area contributed by atoms with Crippen LogP contribution in [0.25, 0.3) is 0 Å². The lowest BCUT2D eigenvalue weighted by Crippen LogP contribution is -2.27. The maximum Gasteiger partial charge on any atom is 0.128 e. The van der Waals surface area contributed by atoms with E-state index in [-0.39, 0.29) is 5.82 Å². The van der Waals surface area contributed by atoms with Gasteiger partial charge in [0.05, 0.1) is 0 Å². The SMILES string of the molecule is Fc1cccc2c1C(C1CCC1)CCN2. The van der Waals surface area contributed by atoms with Gasteiger partial charge in [0, 0.05) is 17.8 Å².